The summed E-state index contributed by atoms with van der Waals surface area (Å²) in [5, 5.41) is 13.3. The molecule has 2 aromatic rings. The van der Waals surface area contributed by atoms with E-state index in [9.17, 15) is 5.11 Å². The van der Waals surface area contributed by atoms with Gasteiger partial charge in [0.25, 0.3) is 0 Å². The molecule has 1 atom stereocenters. The van der Waals surface area contributed by atoms with Crippen molar-refractivity contribution < 1.29 is 5.11 Å². The quantitative estimate of drug-likeness (QED) is 0.894. The van der Waals surface area contributed by atoms with Crippen LogP contribution in [0.25, 0.3) is 0 Å². The number of aliphatic hydroxyl groups excluding tert-OH is 1. The van der Waals surface area contributed by atoms with Gasteiger partial charge in [-0.2, -0.15) is 0 Å². The first-order chi connectivity index (χ1) is 8.86. The van der Waals surface area contributed by atoms with Gasteiger partial charge in [-0.3, -0.25) is 0 Å². The summed E-state index contributed by atoms with van der Waals surface area (Å²) in [7, 11) is 0. The molecule has 102 valence electrons. The van der Waals surface area contributed by atoms with Crippen molar-refractivity contribution in [1.29, 1.82) is 0 Å². The molecule has 0 aliphatic heterocycles. The highest BCUT2D eigenvalue weighted by Crippen LogP contribution is 2.27. The normalized spacial score (nSPS) is 13.5. The molecular weight excluding hydrogens is 322 g/mol. The van der Waals surface area contributed by atoms with E-state index in [1.807, 2.05) is 24.3 Å². The highest BCUT2D eigenvalue weighted by molar-refractivity contribution is 9.10. The number of nitrogens with zero attached hydrogens (tertiary/aromatic N) is 1. The zero-order valence-electron chi connectivity index (χ0n) is 11.4. The highest BCUT2D eigenvalue weighted by atomic mass is 79.9. The van der Waals surface area contributed by atoms with Gasteiger partial charge in [-0.15, -0.1) is 11.3 Å². The van der Waals surface area contributed by atoms with Gasteiger partial charge in [0, 0.05) is 21.7 Å². The van der Waals surface area contributed by atoms with Gasteiger partial charge < -0.3 is 5.11 Å². The van der Waals surface area contributed by atoms with Crippen LogP contribution in [0.3, 0.4) is 0 Å². The molecule has 1 aromatic heterocycles. The van der Waals surface area contributed by atoms with Crippen molar-refractivity contribution in [3.8, 4) is 0 Å². The molecule has 0 amide bonds. The minimum atomic E-state index is -0.503. The topological polar surface area (TPSA) is 33.1 Å². The lowest BCUT2D eigenvalue weighted by Gasteiger charge is -2.14. The van der Waals surface area contributed by atoms with Crippen LogP contribution in [0.5, 0.6) is 0 Å². The van der Waals surface area contributed by atoms with Gasteiger partial charge in [-0.1, -0.05) is 48.8 Å². The maximum absolute atomic E-state index is 10.3. The van der Waals surface area contributed by atoms with Crippen LogP contribution in [0, 0.1) is 0 Å². The van der Waals surface area contributed by atoms with Crippen molar-refractivity contribution in [3.05, 3.63) is 50.4 Å². The molecule has 1 aromatic carbocycles. The second kappa shape index (κ2) is 5.73. The Morgan fingerprint density at radius 2 is 2.11 bits per heavy atom. The van der Waals surface area contributed by atoms with E-state index in [0.29, 0.717) is 6.42 Å². The van der Waals surface area contributed by atoms with Gasteiger partial charge in [0.2, 0.25) is 0 Å². The first-order valence-corrected chi connectivity index (χ1v) is 7.92. The van der Waals surface area contributed by atoms with Gasteiger partial charge in [0.05, 0.1) is 16.8 Å². The molecule has 0 fully saturated rings. The monoisotopic (exact) mass is 339 g/mol. The summed E-state index contributed by atoms with van der Waals surface area (Å²) in [6, 6.07) is 7.78. The first-order valence-electron chi connectivity index (χ1n) is 6.24. The van der Waals surface area contributed by atoms with Crippen molar-refractivity contribution in [2.24, 2.45) is 0 Å². The largest absolute Gasteiger partial charge is 0.388 e. The molecule has 0 aliphatic rings. The third-order valence-electron chi connectivity index (χ3n) is 2.92. The zero-order valence-corrected chi connectivity index (χ0v) is 13.8. The van der Waals surface area contributed by atoms with E-state index in [0.717, 1.165) is 20.7 Å². The van der Waals surface area contributed by atoms with Gasteiger partial charge in [-0.25, -0.2) is 4.98 Å². The van der Waals surface area contributed by atoms with Gasteiger partial charge >= 0.3 is 0 Å². The predicted octanol–water partition coefficient (Wildman–Crippen LogP) is 4.48. The van der Waals surface area contributed by atoms with Crippen molar-refractivity contribution >= 4 is 27.3 Å². The third kappa shape index (κ3) is 3.88. The summed E-state index contributed by atoms with van der Waals surface area (Å²) >= 11 is 5.04. The molecule has 2 rings (SSSR count). The molecule has 0 aliphatic carbocycles. The molecule has 0 spiro atoms. The van der Waals surface area contributed by atoms with Gasteiger partial charge in [-0.05, 0) is 17.7 Å². The Morgan fingerprint density at radius 1 is 1.37 bits per heavy atom. The SMILES string of the molecule is CC(C)(C)c1csc(CC(O)c2cccc(Br)c2)n1. The zero-order chi connectivity index (χ0) is 14.0. The fraction of sp³-hybridized carbons (Fsp3) is 0.400. The number of aromatic nitrogens is 1. The summed E-state index contributed by atoms with van der Waals surface area (Å²) in [6.07, 6.45) is 0.0634. The fourth-order valence-corrected chi connectivity index (χ4v) is 3.22. The van der Waals surface area contributed by atoms with E-state index < -0.39 is 6.10 Å². The second-order valence-electron chi connectivity index (χ2n) is 5.65. The molecule has 1 unspecified atom stereocenters. The van der Waals surface area contributed by atoms with E-state index in [1.54, 1.807) is 11.3 Å². The van der Waals surface area contributed by atoms with E-state index >= 15 is 0 Å². The van der Waals surface area contributed by atoms with Crippen LogP contribution in [0.2, 0.25) is 0 Å². The first kappa shape index (κ1) is 14.7. The Labute approximate surface area is 126 Å². The lowest BCUT2D eigenvalue weighted by molar-refractivity contribution is 0.178. The summed E-state index contributed by atoms with van der Waals surface area (Å²) in [6.45, 7) is 6.45. The lowest BCUT2D eigenvalue weighted by Crippen LogP contribution is -2.12. The van der Waals surface area contributed by atoms with Crippen molar-refractivity contribution in [2.75, 3.05) is 0 Å². The number of aliphatic hydroxyl groups is 1. The molecule has 0 saturated carbocycles. The Balaban J connectivity index is 2.11. The molecule has 0 saturated heterocycles. The van der Waals surface area contributed by atoms with Crippen molar-refractivity contribution in [2.45, 2.75) is 38.7 Å². The van der Waals surface area contributed by atoms with E-state index in [4.69, 9.17) is 0 Å². The van der Waals surface area contributed by atoms with Crippen LogP contribution in [-0.4, -0.2) is 10.1 Å². The minimum Gasteiger partial charge on any atom is -0.388 e. The molecule has 4 heteroatoms. The summed E-state index contributed by atoms with van der Waals surface area (Å²) in [5.41, 5.74) is 2.07. The minimum absolute atomic E-state index is 0.0650. The number of hydrogen-bond donors (Lipinski definition) is 1. The smallest absolute Gasteiger partial charge is 0.0957 e. The molecular formula is C15H18BrNOS. The van der Waals surface area contributed by atoms with Crippen LogP contribution in [-0.2, 0) is 11.8 Å². The Bertz CT molecular complexity index is 559. The van der Waals surface area contributed by atoms with Crippen LogP contribution in [0.4, 0.5) is 0 Å². The molecule has 1 N–H and O–H groups in total. The number of rotatable bonds is 3. The maximum atomic E-state index is 10.3. The Morgan fingerprint density at radius 3 is 2.68 bits per heavy atom. The van der Waals surface area contributed by atoms with Gasteiger partial charge in [0.15, 0.2) is 0 Å². The lowest BCUT2D eigenvalue weighted by atomic mass is 9.93. The Hall–Kier alpha value is -0.710. The third-order valence-corrected chi connectivity index (χ3v) is 4.29. The molecule has 2 nitrogen and oxygen atoms in total. The number of benzene rings is 1. The van der Waals surface area contributed by atoms with Crippen molar-refractivity contribution in [3.63, 3.8) is 0 Å². The van der Waals surface area contributed by atoms with Crippen LogP contribution >= 0.6 is 27.3 Å². The van der Waals surface area contributed by atoms with E-state index in [1.165, 1.54) is 0 Å². The highest BCUT2D eigenvalue weighted by Gasteiger charge is 2.19. The summed E-state index contributed by atoms with van der Waals surface area (Å²) < 4.78 is 0.985. The Kier molecular flexibility index (Phi) is 4.43. The van der Waals surface area contributed by atoms with E-state index in [2.05, 4.69) is 47.1 Å². The molecule has 0 radical (unpaired) electrons. The summed E-state index contributed by atoms with van der Waals surface area (Å²) in [5.74, 6) is 0. The predicted molar refractivity (Wildman–Crippen MR) is 83.6 cm³/mol. The van der Waals surface area contributed by atoms with Crippen molar-refractivity contribution in [1.82, 2.24) is 4.98 Å². The van der Waals surface area contributed by atoms with Crippen LogP contribution in [0.1, 0.15) is 43.1 Å². The fourth-order valence-electron chi connectivity index (χ4n) is 1.75. The average Bonchev–Trinajstić information content (AvgIpc) is 2.77. The van der Waals surface area contributed by atoms with E-state index in [-0.39, 0.29) is 5.41 Å². The number of hydrogen-bond acceptors (Lipinski definition) is 3. The number of halogens is 1. The average molecular weight is 340 g/mol. The number of thiazole rings is 1. The molecule has 1 heterocycles. The molecule has 19 heavy (non-hydrogen) atoms. The summed E-state index contributed by atoms with van der Waals surface area (Å²) in [4.78, 5) is 4.62. The maximum Gasteiger partial charge on any atom is 0.0957 e. The molecule has 0 bridgehead atoms. The van der Waals surface area contributed by atoms with Crippen LogP contribution in [0.15, 0.2) is 34.1 Å². The second-order valence-corrected chi connectivity index (χ2v) is 7.51. The standard InChI is InChI=1S/C15H18BrNOS/c1-15(2,3)13-9-19-14(17-13)8-12(18)10-5-4-6-11(16)7-10/h4-7,9,12,18H,8H2,1-3H3. The van der Waals surface area contributed by atoms with Crippen LogP contribution < -0.4 is 0 Å². The van der Waals surface area contributed by atoms with Gasteiger partial charge in [0.1, 0.15) is 0 Å².